The smallest absolute Gasteiger partial charge is 0.416 e. The molecular weight excluding hydrogens is 500 g/mol. The van der Waals surface area contributed by atoms with Gasteiger partial charge in [-0.25, -0.2) is 17.8 Å². The largest absolute Gasteiger partial charge is 0.439 e. The van der Waals surface area contributed by atoms with Gasteiger partial charge in [0.2, 0.25) is 21.9 Å². The third kappa shape index (κ3) is 5.76. The molecular formula is C24H24F4N4O3S. The summed E-state index contributed by atoms with van der Waals surface area (Å²) < 4.78 is 85.3. The van der Waals surface area contributed by atoms with E-state index >= 15 is 0 Å². The maximum atomic E-state index is 13.2. The van der Waals surface area contributed by atoms with E-state index in [1.807, 2.05) is 13.8 Å². The van der Waals surface area contributed by atoms with E-state index in [9.17, 15) is 26.0 Å². The number of aromatic nitrogens is 2. The first-order chi connectivity index (χ1) is 16.9. The quantitative estimate of drug-likeness (QED) is 0.420. The van der Waals surface area contributed by atoms with Crippen molar-refractivity contribution in [1.29, 1.82) is 0 Å². The van der Waals surface area contributed by atoms with Crippen LogP contribution in [0.2, 0.25) is 0 Å². The van der Waals surface area contributed by atoms with Crippen molar-refractivity contribution in [3.63, 3.8) is 0 Å². The van der Waals surface area contributed by atoms with E-state index in [0.717, 1.165) is 22.5 Å². The molecule has 0 aliphatic carbocycles. The number of nitrogens with zero attached hydrogens (tertiary/aromatic N) is 4. The lowest BCUT2D eigenvalue weighted by molar-refractivity contribution is -0.137. The minimum absolute atomic E-state index is 0.0436. The minimum Gasteiger partial charge on any atom is -0.439 e. The maximum absolute atomic E-state index is 13.2. The first-order valence-electron chi connectivity index (χ1n) is 11.2. The van der Waals surface area contributed by atoms with E-state index in [-0.39, 0.29) is 38.0 Å². The first-order valence-corrected chi connectivity index (χ1v) is 12.6. The zero-order valence-corrected chi connectivity index (χ0v) is 20.4. The van der Waals surface area contributed by atoms with Crippen molar-refractivity contribution in [1.82, 2.24) is 14.3 Å². The maximum Gasteiger partial charge on any atom is 0.416 e. The second kappa shape index (κ2) is 10.0. The Labute approximate surface area is 206 Å². The van der Waals surface area contributed by atoms with Crippen LogP contribution in [0.3, 0.4) is 0 Å². The number of anilines is 1. The van der Waals surface area contributed by atoms with E-state index < -0.39 is 32.5 Å². The first kappa shape index (κ1) is 25.8. The fourth-order valence-corrected chi connectivity index (χ4v) is 5.12. The molecule has 0 amide bonds. The van der Waals surface area contributed by atoms with Crippen LogP contribution < -0.4 is 9.64 Å². The number of piperazine rings is 1. The average molecular weight is 525 g/mol. The van der Waals surface area contributed by atoms with E-state index in [0.29, 0.717) is 23.5 Å². The summed E-state index contributed by atoms with van der Waals surface area (Å²) in [5.74, 6) is 0.646. The molecule has 1 saturated heterocycles. The normalized spacial score (nSPS) is 15.4. The Bertz CT molecular complexity index is 1320. The Morgan fingerprint density at radius 2 is 1.61 bits per heavy atom. The summed E-state index contributed by atoms with van der Waals surface area (Å²) in [4.78, 5) is 10.4. The van der Waals surface area contributed by atoms with Gasteiger partial charge in [-0.1, -0.05) is 19.9 Å². The van der Waals surface area contributed by atoms with Crippen molar-refractivity contribution in [3.05, 3.63) is 71.7 Å². The van der Waals surface area contributed by atoms with E-state index in [1.54, 1.807) is 11.0 Å². The predicted octanol–water partition coefficient (Wildman–Crippen LogP) is 5.06. The SMILES string of the molecule is CC(C)c1cc(Oc2ccc(F)cc2)nc(N2CCN(S(=O)(=O)c3cccc(C(F)(F)F)c3)CC2)n1. The zero-order chi connectivity index (χ0) is 26.1. The molecule has 2 aromatic carbocycles. The predicted molar refractivity (Wildman–Crippen MR) is 125 cm³/mol. The summed E-state index contributed by atoms with van der Waals surface area (Å²) in [6.07, 6.45) is -4.64. The molecule has 1 fully saturated rings. The lowest BCUT2D eigenvalue weighted by Crippen LogP contribution is -2.49. The molecule has 1 aliphatic rings. The van der Waals surface area contributed by atoms with Gasteiger partial charge in [0.1, 0.15) is 11.6 Å². The minimum atomic E-state index is -4.64. The number of hydrogen-bond donors (Lipinski definition) is 0. The lowest BCUT2D eigenvalue weighted by atomic mass is 10.1. The molecule has 7 nitrogen and oxygen atoms in total. The highest BCUT2D eigenvalue weighted by molar-refractivity contribution is 7.89. The molecule has 0 bridgehead atoms. The fraction of sp³-hybridized carbons (Fsp3) is 0.333. The number of sulfonamides is 1. The van der Waals surface area contributed by atoms with E-state index in [2.05, 4.69) is 9.97 Å². The van der Waals surface area contributed by atoms with Crippen molar-refractivity contribution < 1.29 is 30.7 Å². The van der Waals surface area contributed by atoms with Crippen LogP contribution in [-0.4, -0.2) is 48.9 Å². The van der Waals surface area contributed by atoms with Crippen LogP contribution in [0.15, 0.2) is 59.5 Å². The van der Waals surface area contributed by atoms with E-state index in [4.69, 9.17) is 4.74 Å². The third-order valence-electron chi connectivity index (χ3n) is 5.66. The summed E-state index contributed by atoms with van der Waals surface area (Å²) in [6, 6.07) is 10.9. The number of ether oxygens (including phenoxy) is 1. The van der Waals surface area contributed by atoms with Crippen molar-refractivity contribution in [3.8, 4) is 11.6 Å². The number of alkyl halides is 3. The summed E-state index contributed by atoms with van der Waals surface area (Å²) in [6.45, 7) is 4.45. The number of rotatable bonds is 6. The molecule has 0 unspecified atom stereocenters. The average Bonchev–Trinajstić information content (AvgIpc) is 2.85. The summed E-state index contributed by atoms with van der Waals surface area (Å²) in [5, 5.41) is 0. The molecule has 4 rings (SSSR count). The molecule has 2 heterocycles. The second-order valence-corrected chi connectivity index (χ2v) is 10.5. The molecule has 0 spiro atoms. The van der Waals surface area contributed by atoms with Crippen LogP contribution in [0.4, 0.5) is 23.5 Å². The standard InChI is InChI=1S/C24H24F4N4O3S/c1-16(2)21-15-22(35-19-8-6-18(25)7-9-19)30-23(29-21)31-10-12-32(13-11-31)36(33,34)20-5-3-4-17(14-20)24(26,27)28/h3-9,14-16H,10-13H2,1-2H3. The Morgan fingerprint density at radius 3 is 2.22 bits per heavy atom. The molecule has 3 aromatic rings. The Morgan fingerprint density at radius 1 is 0.944 bits per heavy atom. The molecule has 192 valence electrons. The van der Waals surface area contributed by atoms with Gasteiger partial charge in [0, 0.05) is 32.2 Å². The van der Waals surface area contributed by atoms with Gasteiger partial charge in [0.05, 0.1) is 16.2 Å². The molecule has 0 saturated carbocycles. The van der Waals surface area contributed by atoms with Crippen molar-refractivity contribution in [2.45, 2.75) is 30.8 Å². The van der Waals surface area contributed by atoms with Gasteiger partial charge in [-0.3, -0.25) is 0 Å². The summed E-state index contributed by atoms with van der Waals surface area (Å²) in [7, 11) is -4.11. The molecule has 0 N–H and O–H groups in total. The van der Waals surface area contributed by atoms with Gasteiger partial charge in [-0.2, -0.15) is 22.5 Å². The second-order valence-electron chi connectivity index (χ2n) is 8.56. The molecule has 0 atom stereocenters. The van der Waals surface area contributed by atoms with Gasteiger partial charge in [-0.05, 0) is 48.4 Å². The fourth-order valence-electron chi connectivity index (χ4n) is 3.65. The van der Waals surface area contributed by atoms with Crippen LogP contribution >= 0.6 is 0 Å². The molecule has 1 aliphatic heterocycles. The van der Waals surface area contributed by atoms with Crippen molar-refractivity contribution in [2.75, 3.05) is 31.1 Å². The topological polar surface area (TPSA) is 75.6 Å². The molecule has 1 aromatic heterocycles. The molecule has 36 heavy (non-hydrogen) atoms. The van der Waals surface area contributed by atoms with Gasteiger partial charge in [-0.15, -0.1) is 0 Å². The van der Waals surface area contributed by atoms with Crippen LogP contribution in [0, 0.1) is 5.82 Å². The Kier molecular flexibility index (Phi) is 7.19. The monoisotopic (exact) mass is 524 g/mol. The van der Waals surface area contributed by atoms with Crippen LogP contribution in [0.5, 0.6) is 11.6 Å². The number of benzene rings is 2. The van der Waals surface area contributed by atoms with Crippen LogP contribution in [0.1, 0.15) is 31.0 Å². The van der Waals surface area contributed by atoms with Gasteiger partial charge in [0.25, 0.3) is 0 Å². The van der Waals surface area contributed by atoms with Gasteiger partial charge in [0.15, 0.2) is 0 Å². The van der Waals surface area contributed by atoms with Gasteiger partial charge < -0.3 is 9.64 Å². The highest BCUT2D eigenvalue weighted by Gasteiger charge is 2.34. The number of halogens is 4. The van der Waals surface area contributed by atoms with Crippen LogP contribution in [-0.2, 0) is 16.2 Å². The zero-order valence-electron chi connectivity index (χ0n) is 19.5. The summed E-state index contributed by atoms with van der Waals surface area (Å²) in [5.41, 5.74) is -0.314. The highest BCUT2D eigenvalue weighted by Crippen LogP contribution is 2.32. The third-order valence-corrected chi connectivity index (χ3v) is 7.55. The lowest BCUT2D eigenvalue weighted by Gasteiger charge is -2.34. The van der Waals surface area contributed by atoms with Crippen molar-refractivity contribution >= 4 is 16.0 Å². The van der Waals surface area contributed by atoms with Gasteiger partial charge >= 0.3 is 6.18 Å². The molecule has 12 heteroatoms. The van der Waals surface area contributed by atoms with Crippen LogP contribution in [0.25, 0.3) is 0 Å². The number of hydrogen-bond acceptors (Lipinski definition) is 6. The Balaban J connectivity index is 1.52. The molecule has 0 radical (unpaired) electrons. The van der Waals surface area contributed by atoms with E-state index in [1.165, 1.54) is 24.3 Å². The van der Waals surface area contributed by atoms with Crippen molar-refractivity contribution in [2.24, 2.45) is 0 Å². The summed E-state index contributed by atoms with van der Waals surface area (Å²) >= 11 is 0. The highest BCUT2D eigenvalue weighted by atomic mass is 32.2. The Hall–Kier alpha value is -3.25.